The normalized spacial score (nSPS) is 19.7. The number of aliphatic carboxylic acids is 1. The van der Waals surface area contributed by atoms with Crippen molar-refractivity contribution < 1.29 is 27.5 Å². The van der Waals surface area contributed by atoms with Crippen LogP contribution in [0.15, 0.2) is 62.5 Å². The van der Waals surface area contributed by atoms with Crippen molar-refractivity contribution in [2.24, 2.45) is 17.8 Å². The number of benzene rings is 1. The summed E-state index contributed by atoms with van der Waals surface area (Å²) in [6.07, 6.45) is -1.47. The van der Waals surface area contributed by atoms with E-state index in [4.69, 9.17) is 25.0 Å². The third kappa shape index (κ3) is 6.26. The number of aryl methyl sites for hydroxylation is 1. The number of carboxylic acids is 1. The highest BCUT2D eigenvalue weighted by atomic mass is 19.4. The first-order valence-corrected chi connectivity index (χ1v) is 12.2. The molecule has 12 nitrogen and oxygen atoms in total. The van der Waals surface area contributed by atoms with Crippen molar-refractivity contribution in [3.05, 3.63) is 64.4 Å². The van der Waals surface area contributed by atoms with Crippen molar-refractivity contribution in [3.8, 4) is 0 Å². The highest BCUT2D eigenvalue weighted by molar-refractivity contribution is 6.08. The van der Waals surface area contributed by atoms with Crippen LogP contribution in [0.5, 0.6) is 0 Å². The molecular weight excluding hydrogens is 533 g/mol. The third-order valence-electron chi connectivity index (χ3n) is 6.48. The third-order valence-corrected chi connectivity index (χ3v) is 6.48. The minimum atomic E-state index is -5.08. The predicted octanol–water partition coefficient (Wildman–Crippen LogP) is 2.00. The lowest BCUT2D eigenvalue weighted by Crippen LogP contribution is -2.50. The standard InChI is InChI=1S/C23H28N8O2.C2HF3O2/c1-15-13-26-23(24,16-4-7-20(25-14-16)31-10-8-29(2)9-11-31)28-21(15)27-17-5-6-18-19(12-17)33-22(32)30(18)3;3-2(4,5)1(6)7/h4-7,12-14,26H,8-11,24H2,1-3H3,(H,27,28);(H,6,7). The summed E-state index contributed by atoms with van der Waals surface area (Å²) in [6.45, 7) is 5.89. The van der Waals surface area contributed by atoms with Gasteiger partial charge in [0.1, 0.15) is 11.7 Å². The molecule has 4 heterocycles. The average molecular weight is 563 g/mol. The molecule has 0 aliphatic carbocycles. The van der Waals surface area contributed by atoms with Crippen molar-refractivity contribution in [1.82, 2.24) is 19.8 Å². The number of alkyl halides is 3. The van der Waals surface area contributed by atoms with Crippen LogP contribution in [-0.4, -0.2) is 70.8 Å². The molecule has 3 aromatic rings. The molecule has 1 atom stereocenters. The molecular formula is C25H29F3N8O4. The van der Waals surface area contributed by atoms with E-state index in [1.165, 1.54) is 4.57 Å². The van der Waals surface area contributed by atoms with Gasteiger partial charge < -0.3 is 30.0 Å². The topological polar surface area (TPSA) is 154 Å². The zero-order chi connectivity index (χ0) is 29.2. The maximum atomic E-state index is 11.8. The summed E-state index contributed by atoms with van der Waals surface area (Å²) in [6, 6.07) is 9.45. The van der Waals surface area contributed by atoms with Crippen LogP contribution in [0.3, 0.4) is 0 Å². The zero-order valence-corrected chi connectivity index (χ0v) is 22.0. The number of rotatable bonds is 3. The van der Waals surface area contributed by atoms with Gasteiger partial charge in [0.25, 0.3) is 0 Å². The highest BCUT2D eigenvalue weighted by Crippen LogP contribution is 2.25. The summed E-state index contributed by atoms with van der Waals surface area (Å²) < 4.78 is 38.5. The number of piperazine rings is 1. The molecule has 5 N–H and O–H groups in total. The molecule has 1 saturated heterocycles. The van der Waals surface area contributed by atoms with Gasteiger partial charge in [-0.3, -0.25) is 10.3 Å². The highest BCUT2D eigenvalue weighted by Gasteiger charge is 2.38. The number of aliphatic imine (C=N–C) groups is 1. The summed E-state index contributed by atoms with van der Waals surface area (Å²) in [5.41, 5.74) is 10.3. The molecule has 0 amide bonds. The summed E-state index contributed by atoms with van der Waals surface area (Å²) >= 11 is 0. The summed E-state index contributed by atoms with van der Waals surface area (Å²) in [4.78, 5) is 34.7. The Bertz CT molecular complexity index is 1500. The van der Waals surface area contributed by atoms with Crippen molar-refractivity contribution in [2.75, 3.05) is 43.4 Å². The Labute approximate surface area is 226 Å². The minimum absolute atomic E-state index is 0.397. The van der Waals surface area contributed by atoms with Crippen LogP contribution in [0.4, 0.5) is 24.7 Å². The lowest BCUT2D eigenvalue weighted by Gasteiger charge is -2.34. The molecule has 40 heavy (non-hydrogen) atoms. The van der Waals surface area contributed by atoms with E-state index in [9.17, 15) is 18.0 Å². The van der Waals surface area contributed by atoms with Crippen molar-refractivity contribution >= 4 is 34.4 Å². The number of anilines is 2. The van der Waals surface area contributed by atoms with Crippen LogP contribution < -0.4 is 27.0 Å². The molecule has 1 aromatic carbocycles. The number of hydrogen-bond acceptors (Lipinski definition) is 10. The number of carbonyl (C=O) groups is 1. The van der Waals surface area contributed by atoms with E-state index >= 15 is 0 Å². The number of fused-ring (bicyclic) bond motifs is 1. The number of aromatic nitrogens is 2. The summed E-state index contributed by atoms with van der Waals surface area (Å²) in [5, 5.41) is 13.6. The van der Waals surface area contributed by atoms with E-state index in [0.717, 1.165) is 54.3 Å². The molecule has 0 bridgehead atoms. The second-order valence-electron chi connectivity index (χ2n) is 9.43. The number of halogens is 3. The number of pyridine rings is 1. The molecule has 1 unspecified atom stereocenters. The van der Waals surface area contributed by atoms with Gasteiger partial charge in [0.2, 0.25) is 5.79 Å². The Morgan fingerprint density at radius 2 is 1.85 bits per heavy atom. The number of oxazole rings is 1. The molecule has 2 aliphatic rings. The number of hydrogen-bond donors (Lipinski definition) is 4. The predicted molar refractivity (Wildman–Crippen MR) is 143 cm³/mol. The Balaban J connectivity index is 0.000000470. The molecule has 0 saturated carbocycles. The molecule has 0 spiro atoms. The first kappa shape index (κ1) is 28.6. The largest absolute Gasteiger partial charge is 0.490 e. The lowest BCUT2D eigenvalue weighted by atomic mass is 10.1. The van der Waals surface area contributed by atoms with E-state index in [0.29, 0.717) is 11.4 Å². The number of nitrogens with zero attached hydrogens (tertiary/aromatic N) is 5. The molecule has 0 radical (unpaired) electrons. The summed E-state index contributed by atoms with van der Waals surface area (Å²) in [5.74, 6) is -2.74. The van der Waals surface area contributed by atoms with Crippen LogP contribution in [-0.2, 0) is 17.6 Å². The fourth-order valence-electron chi connectivity index (χ4n) is 4.04. The van der Waals surface area contributed by atoms with Gasteiger partial charge in [0.15, 0.2) is 5.58 Å². The van der Waals surface area contributed by atoms with Crippen LogP contribution in [0.1, 0.15) is 12.5 Å². The van der Waals surface area contributed by atoms with Crippen molar-refractivity contribution in [2.45, 2.75) is 18.9 Å². The molecule has 2 aromatic heterocycles. The van der Waals surface area contributed by atoms with Gasteiger partial charge in [-0.05, 0) is 38.2 Å². The van der Waals surface area contributed by atoms with Gasteiger partial charge in [-0.15, -0.1) is 0 Å². The number of carboxylic acid groups (broad SMARTS) is 1. The minimum Gasteiger partial charge on any atom is -0.475 e. The fraction of sp³-hybridized carbons (Fsp3) is 0.360. The summed E-state index contributed by atoms with van der Waals surface area (Å²) in [7, 11) is 3.81. The molecule has 1 fully saturated rings. The van der Waals surface area contributed by atoms with Crippen molar-refractivity contribution in [3.63, 3.8) is 0 Å². The smallest absolute Gasteiger partial charge is 0.475 e. The van der Waals surface area contributed by atoms with E-state index in [2.05, 4.69) is 32.5 Å². The van der Waals surface area contributed by atoms with E-state index < -0.39 is 23.7 Å². The maximum absolute atomic E-state index is 11.8. The Morgan fingerprint density at radius 3 is 2.45 bits per heavy atom. The quantitative estimate of drug-likeness (QED) is 0.373. The Kier molecular flexibility index (Phi) is 7.88. The SMILES string of the molecule is CC1=CNC(N)(c2ccc(N3CCN(C)CC3)nc2)N=C1Nc1ccc2c(c1)oc(=O)n2C.O=C(O)C(F)(F)F. The Morgan fingerprint density at radius 1 is 1.18 bits per heavy atom. The monoisotopic (exact) mass is 562 g/mol. The number of likely N-dealkylation sites (N-methyl/N-ethyl adjacent to an activating group) is 1. The second kappa shape index (κ2) is 11.0. The first-order chi connectivity index (χ1) is 18.8. The van der Waals surface area contributed by atoms with Crippen LogP contribution in [0.2, 0.25) is 0 Å². The van der Waals surface area contributed by atoms with Gasteiger partial charge in [-0.1, -0.05) is 0 Å². The second-order valence-corrected chi connectivity index (χ2v) is 9.43. The van der Waals surface area contributed by atoms with Gasteiger partial charge in [-0.25, -0.2) is 19.6 Å². The van der Waals surface area contributed by atoms with Gasteiger partial charge in [-0.2, -0.15) is 13.2 Å². The number of nitrogens with one attached hydrogen (secondary N) is 2. The number of amidine groups is 1. The average Bonchev–Trinajstić information content (AvgIpc) is 3.19. The lowest BCUT2D eigenvalue weighted by molar-refractivity contribution is -0.192. The zero-order valence-electron chi connectivity index (χ0n) is 22.0. The molecule has 5 rings (SSSR count). The van der Waals surface area contributed by atoms with E-state index in [1.807, 2.05) is 37.4 Å². The van der Waals surface area contributed by atoms with Crippen molar-refractivity contribution in [1.29, 1.82) is 0 Å². The first-order valence-electron chi connectivity index (χ1n) is 12.2. The molecule has 15 heteroatoms. The van der Waals surface area contributed by atoms with E-state index in [1.54, 1.807) is 19.3 Å². The van der Waals surface area contributed by atoms with Crippen LogP contribution >= 0.6 is 0 Å². The van der Waals surface area contributed by atoms with Gasteiger partial charge in [0, 0.05) is 68.5 Å². The van der Waals surface area contributed by atoms with Gasteiger partial charge in [0.05, 0.1) is 5.52 Å². The molecule has 2 aliphatic heterocycles. The van der Waals surface area contributed by atoms with Crippen LogP contribution in [0.25, 0.3) is 11.1 Å². The maximum Gasteiger partial charge on any atom is 0.490 e. The van der Waals surface area contributed by atoms with E-state index in [-0.39, 0.29) is 0 Å². The number of nitrogens with two attached hydrogens (primary N) is 1. The Hall–Kier alpha value is -4.37. The molecule has 214 valence electrons. The fourth-order valence-corrected chi connectivity index (χ4v) is 4.04. The van der Waals surface area contributed by atoms with Crippen LogP contribution in [0, 0.1) is 0 Å². The van der Waals surface area contributed by atoms with Gasteiger partial charge >= 0.3 is 17.9 Å².